The van der Waals surface area contributed by atoms with Crippen molar-refractivity contribution in [1.29, 1.82) is 0 Å². The van der Waals surface area contributed by atoms with Crippen molar-refractivity contribution in [1.82, 2.24) is 0 Å². The molecule has 0 aliphatic heterocycles. The zero-order valence-corrected chi connectivity index (χ0v) is 8.10. The Bertz CT molecular complexity index is 321. The third kappa shape index (κ3) is 1.85. The first-order chi connectivity index (χ1) is 5.65. The molecule has 0 heterocycles. The molecule has 0 atom stereocenters. The van der Waals surface area contributed by atoms with Crippen LogP contribution in [0.1, 0.15) is 12.5 Å². The third-order valence-corrected chi connectivity index (χ3v) is 2.01. The van der Waals surface area contributed by atoms with Gasteiger partial charge in [-0.3, -0.25) is 0 Å². The number of phenolic OH excluding ortho intramolecular Hbond substituents is 1. The second-order valence-electron chi connectivity index (χ2n) is 2.33. The molecule has 0 unspecified atom stereocenters. The number of phenols is 1. The summed E-state index contributed by atoms with van der Waals surface area (Å²) in [6.45, 7) is 1.80. The lowest BCUT2D eigenvalue weighted by atomic mass is 10.2. The number of aromatic hydroxyl groups is 1. The highest BCUT2D eigenvalue weighted by Gasteiger charge is 2.04. The minimum Gasteiger partial charge on any atom is -0.506 e. The molecule has 12 heavy (non-hydrogen) atoms. The molecule has 1 aromatic carbocycles. The lowest BCUT2D eigenvalue weighted by molar-refractivity contribution is 0.468. The lowest BCUT2D eigenvalue weighted by Gasteiger charge is -2.01. The summed E-state index contributed by atoms with van der Waals surface area (Å²) in [5.41, 5.74) is 0.476. The average molecular weight is 231 g/mol. The summed E-state index contributed by atoms with van der Waals surface area (Å²) in [6, 6.07) is 2.50. The molecule has 0 radical (unpaired) electrons. The maximum Gasteiger partial charge on any atom is 0.137 e. The first kappa shape index (κ1) is 9.26. The molecule has 64 valence electrons. The van der Waals surface area contributed by atoms with Gasteiger partial charge in [0, 0.05) is 5.56 Å². The van der Waals surface area contributed by atoms with E-state index in [1.807, 2.05) is 0 Å². The fourth-order valence-corrected chi connectivity index (χ4v) is 1.34. The van der Waals surface area contributed by atoms with Gasteiger partial charge in [0.2, 0.25) is 0 Å². The number of allylic oxidation sites excluding steroid dienone is 1. The van der Waals surface area contributed by atoms with E-state index in [-0.39, 0.29) is 11.6 Å². The van der Waals surface area contributed by atoms with Crippen molar-refractivity contribution in [2.45, 2.75) is 6.92 Å². The van der Waals surface area contributed by atoms with E-state index in [0.717, 1.165) is 0 Å². The Kier molecular flexibility index (Phi) is 2.87. The monoisotopic (exact) mass is 230 g/mol. The van der Waals surface area contributed by atoms with Gasteiger partial charge in [0.15, 0.2) is 0 Å². The van der Waals surface area contributed by atoms with Gasteiger partial charge in [0.25, 0.3) is 0 Å². The van der Waals surface area contributed by atoms with Gasteiger partial charge in [0.1, 0.15) is 11.6 Å². The van der Waals surface area contributed by atoms with Crippen LogP contribution in [0.2, 0.25) is 0 Å². The second kappa shape index (κ2) is 3.72. The summed E-state index contributed by atoms with van der Waals surface area (Å²) < 4.78 is 13.1. The normalized spacial score (nSPS) is 10.9. The Balaban J connectivity index is 3.27. The Morgan fingerprint density at radius 1 is 1.50 bits per heavy atom. The number of halogens is 2. The van der Waals surface area contributed by atoms with Crippen molar-refractivity contribution < 1.29 is 9.50 Å². The molecule has 0 aliphatic rings. The number of rotatable bonds is 1. The summed E-state index contributed by atoms with van der Waals surface area (Å²) in [5.74, 6) is -0.303. The fraction of sp³-hybridized carbons (Fsp3) is 0.111. The highest BCUT2D eigenvalue weighted by atomic mass is 79.9. The van der Waals surface area contributed by atoms with E-state index in [9.17, 15) is 9.50 Å². The van der Waals surface area contributed by atoms with Gasteiger partial charge in [-0.15, -0.1) is 0 Å². The van der Waals surface area contributed by atoms with Crippen LogP contribution in [-0.4, -0.2) is 5.11 Å². The lowest BCUT2D eigenvalue weighted by Crippen LogP contribution is -1.80. The highest BCUT2D eigenvalue weighted by Crippen LogP contribution is 2.29. The summed E-state index contributed by atoms with van der Waals surface area (Å²) in [7, 11) is 0. The number of hydrogen-bond acceptors (Lipinski definition) is 1. The predicted molar refractivity (Wildman–Crippen MR) is 50.5 cm³/mol. The zero-order valence-electron chi connectivity index (χ0n) is 6.51. The Morgan fingerprint density at radius 3 is 2.75 bits per heavy atom. The Labute approximate surface area is 78.7 Å². The van der Waals surface area contributed by atoms with E-state index >= 15 is 0 Å². The Hall–Kier alpha value is -0.830. The van der Waals surface area contributed by atoms with Crippen LogP contribution in [0.25, 0.3) is 6.08 Å². The third-order valence-electron chi connectivity index (χ3n) is 1.40. The van der Waals surface area contributed by atoms with Crippen LogP contribution in [0.5, 0.6) is 5.75 Å². The van der Waals surface area contributed by atoms with Gasteiger partial charge >= 0.3 is 0 Å². The minimum atomic E-state index is -0.368. The van der Waals surface area contributed by atoms with Crippen molar-refractivity contribution >= 4 is 22.0 Å². The van der Waals surface area contributed by atoms with Crippen LogP contribution in [0.4, 0.5) is 4.39 Å². The van der Waals surface area contributed by atoms with Gasteiger partial charge in [-0.1, -0.05) is 12.2 Å². The average Bonchev–Trinajstić information content (AvgIpc) is 2.00. The van der Waals surface area contributed by atoms with E-state index in [2.05, 4.69) is 15.9 Å². The molecule has 0 amide bonds. The quantitative estimate of drug-likeness (QED) is 0.785. The van der Waals surface area contributed by atoms with Gasteiger partial charge in [-0.25, -0.2) is 4.39 Å². The van der Waals surface area contributed by atoms with Crippen molar-refractivity contribution in [3.05, 3.63) is 34.1 Å². The molecule has 1 aromatic rings. The molecule has 1 nitrogen and oxygen atoms in total. The summed E-state index contributed by atoms with van der Waals surface area (Å²) in [6.07, 6.45) is 3.38. The first-order valence-corrected chi connectivity index (χ1v) is 4.25. The van der Waals surface area contributed by atoms with Crippen LogP contribution < -0.4 is 0 Å². The smallest absolute Gasteiger partial charge is 0.137 e. The molecular formula is C9H8BrFO. The van der Waals surface area contributed by atoms with Crippen LogP contribution in [0.15, 0.2) is 22.7 Å². The minimum absolute atomic E-state index is 0.0644. The van der Waals surface area contributed by atoms with Gasteiger partial charge in [-0.2, -0.15) is 0 Å². The van der Waals surface area contributed by atoms with E-state index in [1.165, 1.54) is 12.1 Å². The fourth-order valence-electron chi connectivity index (χ4n) is 0.892. The molecule has 0 fully saturated rings. The molecule has 0 saturated heterocycles. The maximum absolute atomic E-state index is 12.8. The first-order valence-electron chi connectivity index (χ1n) is 3.46. The van der Waals surface area contributed by atoms with Crippen molar-refractivity contribution in [3.63, 3.8) is 0 Å². The number of benzene rings is 1. The summed E-state index contributed by atoms with van der Waals surface area (Å²) in [5, 5.41) is 9.39. The topological polar surface area (TPSA) is 20.2 Å². The van der Waals surface area contributed by atoms with Crippen LogP contribution in [-0.2, 0) is 0 Å². The largest absolute Gasteiger partial charge is 0.506 e. The second-order valence-corrected chi connectivity index (χ2v) is 3.18. The van der Waals surface area contributed by atoms with E-state index in [0.29, 0.717) is 10.0 Å². The van der Waals surface area contributed by atoms with Gasteiger partial charge in [0.05, 0.1) is 4.47 Å². The standard InChI is InChI=1S/C9H8BrFO/c1-2-3-6-4-7(11)5-8(10)9(6)12/h2-5,12H,1H3/b3-2-. The van der Waals surface area contributed by atoms with E-state index in [4.69, 9.17) is 0 Å². The molecule has 1 rings (SSSR count). The molecule has 0 aromatic heterocycles. The molecular weight excluding hydrogens is 223 g/mol. The molecule has 0 aliphatic carbocycles. The predicted octanol–water partition coefficient (Wildman–Crippen LogP) is 3.33. The molecule has 1 N–H and O–H groups in total. The zero-order chi connectivity index (χ0) is 9.14. The summed E-state index contributed by atoms with van der Waals surface area (Å²) in [4.78, 5) is 0. The van der Waals surface area contributed by atoms with Crippen molar-refractivity contribution in [2.24, 2.45) is 0 Å². The number of hydrogen-bond donors (Lipinski definition) is 1. The molecule has 0 bridgehead atoms. The van der Waals surface area contributed by atoms with Gasteiger partial charge < -0.3 is 5.11 Å². The maximum atomic E-state index is 12.8. The molecule has 0 spiro atoms. The van der Waals surface area contributed by atoms with Crippen molar-refractivity contribution in [2.75, 3.05) is 0 Å². The van der Waals surface area contributed by atoms with Crippen molar-refractivity contribution in [3.8, 4) is 5.75 Å². The van der Waals surface area contributed by atoms with Crippen LogP contribution in [0.3, 0.4) is 0 Å². The Morgan fingerprint density at radius 2 is 2.17 bits per heavy atom. The SMILES string of the molecule is C/C=C\c1cc(F)cc(Br)c1O. The van der Waals surface area contributed by atoms with E-state index in [1.54, 1.807) is 19.1 Å². The van der Waals surface area contributed by atoms with Crippen LogP contribution in [0, 0.1) is 5.82 Å². The van der Waals surface area contributed by atoms with Gasteiger partial charge in [-0.05, 0) is 35.0 Å². The van der Waals surface area contributed by atoms with E-state index < -0.39 is 0 Å². The molecule has 0 saturated carbocycles. The molecule has 3 heteroatoms. The highest BCUT2D eigenvalue weighted by molar-refractivity contribution is 9.10. The summed E-state index contributed by atoms with van der Waals surface area (Å²) >= 11 is 3.04. The van der Waals surface area contributed by atoms with Crippen LogP contribution >= 0.6 is 15.9 Å².